The molecular weight excluding hydrogens is 410 g/mol. The summed E-state index contributed by atoms with van der Waals surface area (Å²) in [4.78, 5) is 35.9. The number of carboxylic acids is 1. The minimum atomic E-state index is -1.82. The first kappa shape index (κ1) is 21.5. The van der Waals surface area contributed by atoms with Gasteiger partial charge in [-0.05, 0) is 49.2 Å². The fourth-order valence-corrected chi connectivity index (χ4v) is 3.29. The highest BCUT2D eigenvalue weighted by molar-refractivity contribution is 6.31. The lowest BCUT2D eigenvalue weighted by molar-refractivity contribution is -0.148. The first-order chi connectivity index (χ1) is 14.3. The van der Waals surface area contributed by atoms with Gasteiger partial charge in [-0.2, -0.15) is 5.10 Å². The normalized spacial score (nSPS) is 15.5. The number of hydrogen-bond acceptors (Lipinski definition) is 5. The van der Waals surface area contributed by atoms with Gasteiger partial charge in [-0.15, -0.1) is 0 Å². The fourth-order valence-electron chi connectivity index (χ4n) is 3.08. The number of halogens is 1. The van der Waals surface area contributed by atoms with Crippen LogP contribution in [-0.4, -0.2) is 45.9 Å². The van der Waals surface area contributed by atoms with Gasteiger partial charge in [0.25, 0.3) is 11.8 Å². The van der Waals surface area contributed by atoms with Crippen molar-refractivity contribution in [3.8, 4) is 0 Å². The maximum absolute atomic E-state index is 12.7. The van der Waals surface area contributed by atoms with Gasteiger partial charge in [-0.1, -0.05) is 29.8 Å². The lowest BCUT2D eigenvalue weighted by Gasteiger charge is -2.22. The topological polar surface area (TPSA) is 119 Å². The number of hydrogen-bond donors (Lipinski definition) is 3. The molecule has 2 atom stereocenters. The van der Waals surface area contributed by atoms with Gasteiger partial charge >= 0.3 is 5.97 Å². The Bertz CT molecular complexity index is 1010. The summed E-state index contributed by atoms with van der Waals surface area (Å²) >= 11 is 6.12. The summed E-state index contributed by atoms with van der Waals surface area (Å²) in [6, 6.07) is 11.9. The van der Waals surface area contributed by atoms with Crippen molar-refractivity contribution in [3.63, 3.8) is 0 Å². The Balaban J connectivity index is 1.76. The second-order valence-corrected chi connectivity index (χ2v) is 7.33. The number of aliphatic hydroxyl groups is 1. The summed E-state index contributed by atoms with van der Waals surface area (Å²) in [6.45, 7) is 1.76. The quantitative estimate of drug-likeness (QED) is 0.623. The molecular formula is C21H20ClN3O5. The van der Waals surface area contributed by atoms with Crippen molar-refractivity contribution >= 4 is 40.8 Å². The molecule has 2 aromatic carbocycles. The van der Waals surface area contributed by atoms with Crippen molar-refractivity contribution in [2.24, 2.45) is 5.10 Å². The Hall–Kier alpha value is -3.23. The highest BCUT2D eigenvalue weighted by Gasteiger charge is 2.29. The molecule has 1 heterocycles. The van der Waals surface area contributed by atoms with Crippen molar-refractivity contribution < 1.29 is 24.6 Å². The van der Waals surface area contributed by atoms with Crippen LogP contribution in [0.3, 0.4) is 0 Å². The van der Waals surface area contributed by atoms with E-state index in [2.05, 4.69) is 10.4 Å². The van der Waals surface area contributed by atoms with E-state index in [0.717, 1.165) is 0 Å². The third kappa shape index (κ3) is 4.84. The van der Waals surface area contributed by atoms with Gasteiger partial charge in [0, 0.05) is 16.3 Å². The Labute approximate surface area is 177 Å². The zero-order chi connectivity index (χ0) is 21.8. The number of benzene rings is 2. The fraction of sp³-hybridized carbons (Fsp3) is 0.238. The molecule has 0 radical (unpaired) electrons. The van der Waals surface area contributed by atoms with E-state index < -0.39 is 24.0 Å². The lowest BCUT2D eigenvalue weighted by Crippen LogP contribution is -2.48. The Morgan fingerprint density at radius 1 is 1.20 bits per heavy atom. The van der Waals surface area contributed by atoms with Crippen LogP contribution in [0.25, 0.3) is 0 Å². The molecule has 0 saturated heterocycles. The number of carboxylic acid groups (broad SMARTS) is 1. The number of nitrogens with one attached hydrogen (secondary N) is 1. The molecule has 0 bridgehead atoms. The number of aliphatic carboxylic acids is 1. The van der Waals surface area contributed by atoms with Gasteiger partial charge in [-0.25, -0.2) is 9.80 Å². The molecule has 0 saturated carbocycles. The Morgan fingerprint density at radius 3 is 2.43 bits per heavy atom. The van der Waals surface area contributed by atoms with E-state index >= 15 is 0 Å². The second-order valence-electron chi connectivity index (χ2n) is 6.92. The number of aliphatic hydroxyl groups excluding tert-OH is 1. The minimum absolute atomic E-state index is 0.0350. The highest BCUT2D eigenvalue weighted by atomic mass is 35.5. The molecule has 0 aromatic heterocycles. The summed E-state index contributed by atoms with van der Waals surface area (Å²) in [7, 11) is 0. The predicted octanol–water partition coefficient (Wildman–Crippen LogP) is 2.24. The van der Waals surface area contributed by atoms with Crippen molar-refractivity contribution in [2.45, 2.75) is 31.9 Å². The highest BCUT2D eigenvalue weighted by Crippen LogP contribution is 2.22. The summed E-state index contributed by atoms with van der Waals surface area (Å²) < 4.78 is 0. The van der Waals surface area contributed by atoms with Crippen LogP contribution in [0.15, 0.2) is 53.6 Å². The van der Waals surface area contributed by atoms with E-state index in [1.165, 1.54) is 17.1 Å². The second kappa shape index (κ2) is 9.06. The van der Waals surface area contributed by atoms with E-state index in [1.807, 2.05) is 0 Å². The molecule has 3 N–H and O–H groups in total. The van der Waals surface area contributed by atoms with Gasteiger partial charge in [0.05, 0.1) is 18.2 Å². The summed E-state index contributed by atoms with van der Waals surface area (Å²) in [6.07, 6.45) is -1.53. The average molecular weight is 430 g/mol. The summed E-state index contributed by atoms with van der Waals surface area (Å²) in [5.74, 6) is -2.18. The van der Waals surface area contributed by atoms with E-state index in [9.17, 15) is 24.6 Å². The van der Waals surface area contributed by atoms with Crippen molar-refractivity contribution in [2.75, 3.05) is 5.01 Å². The van der Waals surface area contributed by atoms with Gasteiger partial charge in [0.1, 0.15) is 0 Å². The molecule has 2 aromatic rings. The molecule has 1 aliphatic heterocycles. The first-order valence-corrected chi connectivity index (χ1v) is 9.56. The Kier molecular flexibility index (Phi) is 6.49. The molecule has 0 spiro atoms. The zero-order valence-electron chi connectivity index (χ0n) is 16.1. The minimum Gasteiger partial charge on any atom is -0.479 e. The van der Waals surface area contributed by atoms with Crippen LogP contribution in [0.1, 0.15) is 29.3 Å². The largest absolute Gasteiger partial charge is 0.479 e. The number of hydrazone groups is 1. The van der Waals surface area contributed by atoms with Crippen LogP contribution in [0.2, 0.25) is 5.02 Å². The van der Waals surface area contributed by atoms with Gasteiger partial charge < -0.3 is 15.5 Å². The van der Waals surface area contributed by atoms with Crippen LogP contribution in [0, 0.1) is 0 Å². The first-order valence-electron chi connectivity index (χ1n) is 9.18. The molecule has 0 fully saturated rings. The molecule has 156 valence electrons. The van der Waals surface area contributed by atoms with Gasteiger partial charge in [0.15, 0.2) is 6.10 Å². The number of rotatable bonds is 7. The SMILES string of the molecule is CC1=NN(c2ccc(C(=O)N[C@H](Cc3ccccc3Cl)[C@@H](O)C(=O)O)cc2)C(=O)C1. The number of amides is 2. The van der Waals surface area contributed by atoms with Crippen LogP contribution in [0.5, 0.6) is 0 Å². The lowest BCUT2D eigenvalue weighted by atomic mass is 10.0. The standard InChI is InChI=1S/C21H20ClN3O5/c1-12-10-18(26)25(24-12)15-8-6-13(7-9-15)20(28)23-17(19(27)21(29)30)11-14-4-2-3-5-16(14)22/h2-9,17,19,27H,10-11H2,1H3,(H,23,28)(H,29,30)/t17-,19-/m1/s1. The van der Waals surface area contributed by atoms with Crippen LogP contribution >= 0.6 is 11.6 Å². The summed E-state index contributed by atoms with van der Waals surface area (Å²) in [5, 5.41) is 27.6. The maximum atomic E-state index is 12.7. The van der Waals surface area contributed by atoms with E-state index in [0.29, 0.717) is 22.0 Å². The van der Waals surface area contributed by atoms with Gasteiger partial charge in [-0.3, -0.25) is 9.59 Å². The van der Waals surface area contributed by atoms with Crippen LogP contribution in [0.4, 0.5) is 5.69 Å². The summed E-state index contributed by atoms with van der Waals surface area (Å²) in [5.41, 5.74) is 2.06. The smallest absolute Gasteiger partial charge is 0.334 e. The number of anilines is 1. The molecule has 1 aliphatic rings. The van der Waals surface area contributed by atoms with Crippen molar-refractivity contribution in [1.82, 2.24) is 5.32 Å². The van der Waals surface area contributed by atoms with E-state index in [4.69, 9.17) is 11.6 Å². The van der Waals surface area contributed by atoms with Crippen molar-refractivity contribution in [3.05, 3.63) is 64.7 Å². The van der Waals surface area contributed by atoms with E-state index in [1.54, 1.807) is 43.3 Å². The third-order valence-corrected chi connectivity index (χ3v) is 5.01. The monoisotopic (exact) mass is 429 g/mol. The molecule has 0 unspecified atom stereocenters. The molecule has 9 heteroatoms. The zero-order valence-corrected chi connectivity index (χ0v) is 16.8. The Morgan fingerprint density at radius 2 is 1.87 bits per heavy atom. The van der Waals surface area contributed by atoms with Crippen molar-refractivity contribution in [1.29, 1.82) is 0 Å². The number of carbonyl (C=O) groups is 3. The molecule has 8 nitrogen and oxygen atoms in total. The predicted molar refractivity (Wildman–Crippen MR) is 112 cm³/mol. The molecule has 30 heavy (non-hydrogen) atoms. The molecule has 2 amide bonds. The van der Waals surface area contributed by atoms with Crippen LogP contribution in [-0.2, 0) is 16.0 Å². The number of nitrogens with zero attached hydrogens (tertiary/aromatic N) is 2. The maximum Gasteiger partial charge on any atom is 0.334 e. The molecule has 3 rings (SSSR count). The third-order valence-electron chi connectivity index (χ3n) is 4.64. The van der Waals surface area contributed by atoms with Crippen LogP contribution < -0.4 is 10.3 Å². The average Bonchev–Trinajstić information content (AvgIpc) is 3.06. The molecule has 0 aliphatic carbocycles. The van der Waals surface area contributed by atoms with Gasteiger partial charge in [0.2, 0.25) is 0 Å². The van der Waals surface area contributed by atoms with E-state index in [-0.39, 0.29) is 24.3 Å². The number of carbonyl (C=O) groups excluding carboxylic acids is 2.